The maximum absolute atomic E-state index is 12.7. The fourth-order valence-corrected chi connectivity index (χ4v) is 5.66. The van der Waals surface area contributed by atoms with Gasteiger partial charge in [0.15, 0.2) is 0 Å². The number of amides is 1. The smallest absolute Gasteiger partial charge is 0.327 e. The topological polar surface area (TPSA) is 83.5 Å². The van der Waals surface area contributed by atoms with Gasteiger partial charge in [-0.25, -0.2) is 4.79 Å². The highest BCUT2D eigenvalue weighted by atomic mass is 32.2. The van der Waals surface area contributed by atoms with E-state index in [4.69, 9.17) is 0 Å². The molecule has 7 heteroatoms. The number of thioether (sulfide) groups is 2. The molecular weight excluding hydrogens is 478 g/mol. The molecule has 35 heavy (non-hydrogen) atoms. The van der Waals surface area contributed by atoms with E-state index in [2.05, 4.69) is 50.4 Å². The molecule has 2 aromatic rings. The molecule has 2 aromatic carbocycles. The van der Waals surface area contributed by atoms with E-state index in [0.717, 1.165) is 31.0 Å². The lowest BCUT2D eigenvalue weighted by atomic mass is 9.99. The van der Waals surface area contributed by atoms with E-state index in [0.29, 0.717) is 17.2 Å². The average molecular weight is 516 g/mol. The molecule has 0 heterocycles. The molecule has 0 bridgehead atoms. The van der Waals surface area contributed by atoms with Crippen molar-refractivity contribution in [2.24, 2.45) is 5.92 Å². The van der Waals surface area contributed by atoms with Gasteiger partial charge in [-0.2, -0.15) is 11.8 Å². The van der Waals surface area contributed by atoms with Crippen molar-refractivity contribution >= 4 is 40.5 Å². The van der Waals surface area contributed by atoms with Crippen LogP contribution >= 0.6 is 23.5 Å². The minimum absolute atomic E-state index is 0.0992. The first kappa shape index (κ1) is 29.0. The third-order valence-corrected chi connectivity index (χ3v) is 8.40. The number of carbonyl (C=O) groups is 3. The van der Waals surface area contributed by atoms with E-state index in [1.807, 2.05) is 6.07 Å². The van der Waals surface area contributed by atoms with Gasteiger partial charge >= 0.3 is 5.97 Å². The molecule has 0 fully saturated rings. The fourth-order valence-electron chi connectivity index (χ4n) is 3.47. The van der Waals surface area contributed by atoms with E-state index in [1.165, 1.54) is 11.1 Å². The fraction of sp³-hybridized carbons (Fsp3) is 0.464. The van der Waals surface area contributed by atoms with Gasteiger partial charge in [-0.1, -0.05) is 107 Å². The average Bonchev–Trinajstić information content (AvgIpc) is 2.86. The highest BCUT2D eigenvalue weighted by Gasteiger charge is 2.25. The summed E-state index contributed by atoms with van der Waals surface area (Å²) in [6, 6.07) is 16.5. The van der Waals surface area contributed by atoms with Crippen LogP contribution in [-0.4, -0.2) is 39.6 Å². The molecule has 0 radical (unpaired) electrons. The van der Waals surface area contributed by atoms with Gasteiger partial charge in [-0.05, 0) is 23.5 Å². The third kappa shape index (κ3) is 9.73. The van der Waals surface area contributed by atoms with Crippen LogP contribution in [0.15, 0.2) is 54.6 Å². The number of hydrogen-bond acceptors (Lipinski definition) is 5. The summed E-state index contributed by atoms with van der Waals surface area (Å²) in [6.07, 6.45) is 3.08. The van der Waals surface area contributed by atoms with Gasteiger partial charge in [0.05, 0.1) is 0 Å². The summed E-state index contributed by atoms with van der Waals surface area (Å²) >= 11 is 2.66. The summed E-state index contributed by atoms with van der Waals surface area (Å²) in [7, 11) is 0. The number of unbranched alkanes of at least 4 members (excludes halogenated alkanes) is 1. The van der Waals surface area contributed by atoms with E-state index < -0.39 is 17.9 Å². The predicted octanol–water partition coefficient (Wildman–Crippen LogP) is 6.55. The van der Waals surface area contributed by atoms with Crippen molar-refractivity contribution in [1.29, 1.82) is 0 Å². The maximum Gasteiger partial charge on any atom is 0.327 e. The summed E-state index contributed by atoms with van der Waals surface area (Å²) in [6.45, 7) is 8.18. The summed E-state index contributed by atoms with van der Waals surface area (Å²) in [5.41, 5.74) is 3.05. The normalized spacial score (nSPS) is 13.7. The standard InChI is InChI=1S/C28H37NO4S2/c1-5-6-12-25(22-15-13-21(14-16-22)19(2)3)34-18-24(27(31)32)29-26(30)20(4)17-35-28(33)23-10-8-7-9-11-23/h7-11,13-16,19-20,24-25H,5-6,12,17-18H2,1-4H3,(H,29,30)(H,31,32)/t20-,24+,25?/m1/s1. The molecule has 5 nitrogen and oxygen atoms in total. The quantitative estimate of drug-likeness (QED) is 0.297. The first-order valence-corrected chi connectivity index (χ1v) is 14.2. The van der Waals surface area contributed by atoms with Crippen LogP contribution in [-0.2, 0) is 9.59 Å². The SMILES string of the molecule is CCCCC(SC[C@H](NC(=O)[C@H](C)CSC(=O)c1ccccc1)C(=O)O)c1ccc(C(C)C)cc1. The Kier molecular flexibility index (Phi) is 12.4. The zero-order chi connectivity index (χ0) is 25.8. The number of aliphatic carboxylic acids is 1. The Hall–Kier alpha value is -2.25. The van der Waals surface area contributed by atoms with Gasteiger partial charge in [0.1, 0.15) is 6.04 Å². The Morgan fingerprint density at radius 3 is 2.11 bits per heavy atom. The predicted molar refractivity (Wildman–Crippen MR) is 147 cm³/mol. The van der Waals surface area contributed by atoms with Gasteiger partial charge in [-0.15, -0.1) is 0 Å². The van der Waals surface area contributed by atoms with Crippen LogP contribution in [0.2, 0.25) is 0 Å². The number of carboxylic acids is 1. The number of carboxylic acid groups (broad SMARTS) is 1. The van der Waals surface area contributed by atoms with Crippen LogP contribution in [0.3, 0.4) is 0 Å². The van der Waals surface area contributed by atoms with Crippen LogP contribution in [0.25, 0.3) is 0 Å². The van der Waals surface area contributed by atoms with Crippen molar-refractivity contribution in [2.45, 2.75) is 64.2 Å². The monoisotopic (exact) mass is 515 g/mol. The molecule has 0 spiro atoms. The minimum Gasteiger partial charge on any atom is -0.480 e. The summed E-state index contributed by atoms with van der Waals surface area (Å²) in [5.74, 6) is -0.849. The van der Waals surface area contributed by atoms with E-state index in [-0.39, 0.29) is 22.0 Å². The number of carbonyl (C=O) groups excluding carboxylic acids is 2. The number of benzene rings is 2. The Labute approximate surface area is 217 Å². The second-order valence-electron chi connectivity index (χ2n) is 9.05. The number of rotatable bonds is 14. The van der Waals surface area contributed by atoms with Crippen molar-refractivity contribution in [3.8, 4) is 0 Å². The van der Waals surface area contributed by atoms with Gasteiger partial charge in [0.2, 0.25) is 11.0 Å². The van der Waals surface area contributed by atoms with Gasteiger partial charge in [0.25, 0.3) is 0 Å². The summed E-state index contributed by atoms with van der Waals surface area (Å²) < 4.78 is 0. The van der Waals surface area contributed by atoms with Crippen molar-refractivity contribution < 1.29 is 19.5 Å². The first-order valence-electron chi connectivity index (χ1n) is 12.2. The maximum atomic E-state index is 12.7. The Balaban J connectivity index is 1.95. The zero-order valence-corrected chi connectivity index (χ0v) is 22.7. The lowest BCUT2D eigenvalue weighted by molar-refractivity contribution is -0.141. The van der Waals surface area contributed by atoms with Crippen molar-refractivity contribution in [1.82, 2.24) is 5.32 Å². The van der Waals surface area contributed by atoms with E-state index in [9.17, 15) is 19.5 Å². The summed E-state index contributed by atoms with van der Waals surface area (Å²) in [4.78, 5) is 36.9. The molecule has 0 aliphatic carbocycles. The molecular formula is C28H37NO4S2. The molecule has 0 aliphatic rings. The lowest BCUT2D eigenvalue weighted by Gasteiger charge is -2.22. The Bertz CT molecular complexity index is 947. The molecule has 2 N–H and O–H groups in total. The van der Waals surface area contributed by atoms with E-state index >= 15 is 0 Å². The molecule has 0 aromatic heterocycles. The second kappa shape index (κ2) is 15.0. The molecule has 3 atom stereocenters. The van der Waals surface area contributed by atoms with Gasteiger partial charge in [-0.3, -0.25) is 9.59 Å². The molecule has 2 rings (SSSR count). The molecule has 0 saturated carbocycles. The highest BCUT2D eigenvalue weighted by Crippen LogP contribution is 2.35. The van der Waals surface area contributed by atoms with Crippen LogP contribution in [0.1, 0.15) is 79.6 Å². The van der Waals surface area contributed by atoms with Gasteiger partial charge < -0.3 is 10.4 Å². The number of hydrogen-bond donors (Lipinski definition) is 2. The van der Waals surface area contributed by atoms with Crippen molar-refractivity contribution in [3.05, 3.63) is 71.3 Å². The largest absolute Gasteiger partial charge is 0.480 e. The second-order valence-corrected chi connectivity index (χ2v) is 11.3. The van der Waals surface area contributed by atoms with Crippen molar-refractivity contribution in [2.75, 3.05) is 11.5 Å². The van der Waals surface area contributed by atoms with Crippen LogP contribution in [0.5, 0.6) is 0 Å². The highest BCUT2D eigenvalue weighted by molar-refractivity contribution is 8.14. The lowest BCUT2D eigenvalue weighted by Crippen LogP contribution is -2.45. The molecule has 1 amide bonds. The molecule has 0 aliphatic heterocycles. The van der Waals surface area contributed by atoms with Crippen LogP contribution in [0.4, 0.5) is 0 Å². The molecule has 0 saturated heterocycles. The van der Waals surface area contributed by atoms with Gasteiger partial charge in [0, 0.05) is 28.2 Å². The molecule has 190 valence electrons. The number of nitrogens with one attached hydrogen (secondary N) is 1. The summed E-state index contributed by atoms with van der Waals surface area (Å²) in [5, 5.41) is 12.5. The van der Waals surface area contributed by atoms with E-state index in [1.54, 1.807) is 43.0 Å². The zero-order valence-electron chi connectivity index (χ0n) is 21.0. The van der Waals surface area contributed by atoms with Crippen LogP contribution in [0, 0.1) is 5.92 Å². The van der Waals surface area contributed by atoms with Crippen molar-refractivity contribution in [3.63, 3.8) is 0 Å². The minimum atomic E-state index is -1.05. The molecule has 1 unspecified atom stereocenters. The first-order chi connectivity index (χ1) is 16.7. The Morgan fingerprint density at radius 2 is 1.54 bits per heavy atom. The Morgan fingerprint density at radius 1 is 0.914 bits per heavy atom. The van der Waals surface area contributed by atoms with Crippen LogP contribution < -0.4 is 5.32 Å². The third-order valence-electron chi connectivity index (χ3n) is 5.79.